The van der Waals surface area contributed by atoms with Crippen LogP contribution >= 0.6 is 0 Å². The number of benzene rings is 1. The molecule has 0 saturated heterocycles. The van der Waals surface area contributed by atoms with E-state index in [1.165, 1.54) is 7.11 Å². The van der Waals surface area contributed by atoms with Gasteiger partial charge in [0.25, 0.3) is 0 Å². The first-order valence-corrected chi connectivity index (χ1v) is 7.49. The van der Waals surface area contributed by atoms with E-state index in [-0.39, 0.29) is 6.61 Å². The second-order valence-corrected chi connectivity index (χ2v) is 6.42. The number of nitrogens with one attached hydrogen (secondary N) is 2. The average molecular weight is 322 g/mol. The molecular formula is C17H26N2O4. The molecule has 1 aromatic carbocycles. The van der Waals surface area contributed by atoms with Crippen LogP contribution in [0.15, 0.2) is 18.2 Å². The van der Waals surface area contributed by atoms with Crippen molar-refractivity contribution in [2.45, 2.75) is 46.3 Å². The molecule has 2 amide bonds. The Bertz CT molecular complexity index is 564. The fourth-order valence-electron chi connectivity index (χ4n) is 1.91. The number of aryl methyl sites for hydroxylation is 2. The first-order valence-electron chi connectivity index (χ1n) is 7.49. The quantitative estimate of drug-likeness (QED) is 0.817. The van der Waals surface area contributed by atoms with E-state index in [0.717, 1.165) is 11.1 Å². The number of anilines is 1. The first kappa shape index (κ1) is 19.0. The van der Waals surface area contributed by atoms with E-state index in [9.17, 15) is 9.59 Å². The monoisotopic (exact) mass is 322 g/mol. The summed E-state index contributed by atoms with van der Waals surface area (Å²) in [6.07, 6.45) is 0. The molecule has 0 saturated carbocycles. The van der Waals surface area contributed by atoms with Crippen molar-refractivity contribution < 1.29 is 19.1 Å². The summed E-state index contributed by atoms with van der Waals surface area (Å²) < 4.78 is 10.3. The molecular weight excluding hydrogens is 296 g/mol. The minimum absolute atomic E-state index is 0.0382. The van der Waals surface area contributed by atoms with Gasteiger partial charge in [-0.2, -0.15) is 0 Å². The van der Waals surface area contributed by atoms with Gasteiger partial charge in [-0.3, -0.25) is 0 Å². The minimum atomic E-state index is -0.870. The Morgan fingerprint density at radius 3 is 2.39 bits per heavy atom. The fraction of sp³-hybridized carbons (Fsp3) is 0.529. The Kier molecular flexibility index (Phi) is 6.57. The molecule has 0 aliphatic rings. The first-order chi connectivity index (χ1) is 10.6. The number of carbonyl (C=O) groups excluding carboxylic acids is 2. The molecule has 0 aromatic heterocycles. The molecule has 0 heterocycles. The summed E-state index contributed by atoms with van der Waals surface area (Å²) in [6.45, 7) is 9.54. The Hall–Kier alpha value is -2.08. The molecule has 0 radical (unpaired) electrons. The number of ether oxygens (including phenoxy) is 2. The molecule has 6 nitrogen and oxygen atoms in total. The van der Waals surface area contributed by atoms with E-state index < -0.39 is 23.6 Å². The standard InChI is InChI=1S/C17H26N2O4/c1-11-7-8-13(12(2)9-11)18-16(21)19-14(15(20)22-6)10-23-17(3,4)5/h7-9,14H,10H2,1-6H3,(H2,18,19,21). The van der Waals surface area contributed by atoms with Gasteiger partial charge in [0.05, 0.1) is 19.3 Å². The Balaban J connectivity index is 2.70. The lowest BCUT2D eigenvalue weighted by Crippen LogP contribution is -2.47. The molecule has 23 heavy (non-hydrogen) atoms. The van der Waals surface area contributed by atoms with Gasteiger partial charge in [-0.15, -0.1) is 0 Å². The zero-order chi connectivity index (χ0) is 17.6. The maximum absolute atomic E-state index is 12.1. The summed E-state index contributed by atoms with van der Waals surface area (Å²) in [4.78, 5) is 23.9. The predicted octanol–water partition coefficient (Wildman–Crippen LogP) is 2.78. The van der Waals surface area contributed by atoms with Gasteiger partial charge in [0.2, 0.25) is 0 Å². The highest BCUT2D eigenvalue weighted by Gasteiger charge is 2.24. The van der Waals surface area contributed by atoms with Crippen LogP contribution in [0, 0.1) is 13.8 Å². The zero-order valence-corrected chi connectivity index (χ0v) is 14.6. The Morgan fingerprint density at radius 1 is 1.22 bits per heavy atom. The second kappa shape index (κ2) is 7.97. The van der Waals surface area contributed by atoms with Crippen molar-refractivity contribution in [1.29, 1.82) is 0 Å². The lowest BCUT2D eigenvalue weighted by molar-refractivity contribution is -0.145. The summed E-state index contributed by atoms with van der Waals surface area (Å²) in [5, 5.41) is 5.31. The van der Waals surface area contributed by atoms with Crippen LogP contribution < -0.4 is 10.6 Å². The summed E-state index contributed by atoms with van der Waals surface area (Å²) in [7, 11) is 1.27. The van der Waals surface area contributed by atoms with Crippen LogP contribution in [0.5, 0.6) is 0 Å². The Labute approximate surface area is 137 Å². The number of amides is 2. The number of rotatable bonds is 5. The number of esters is 1. The second-order valence-electron chi connectivity index (χ2n) is 6.42. The molecule has 6 heteroatoms. The van der Waals surface area contributed by atoms with Crippen molar-refractivity contribution in [3.63, 3.8) is 0 Å². The van der Waals surface area contributed by atoms with Gasteiger partial charge < -0.3 is 20.1 Å². The maximum Gasteiger partial charge on any atom is 0.330 e. The average Bonchev–Trinajstić information content (AvgIpc) is 2.44. The van der Waals surface area contributed by atoms with E-state index in [1.807, 2.05) is 52.8 Å². The van der Waals surface area contributed by atoms with Gasteiger partial charge >= 0.3 is 12.0 Å². The van der Waals surface area contributed by atoms with Crippen LogP contribution in [-0.4, -0.2) is 37.4 Å². The number of urea groups is 1. The lowest BCUT2D eigenvalue weighted by Gasteiger charge is -2.24. The van der Waals surface area contributed by atoms with Crippen molar-refractivity contribution >= 4 is 17.7 Å². The molecule has 0 aliphatic carbocycles. The van der Waals surface area contributed by atoms with E-state index in [4.69, 9.17) is 9.47 Å². The molecule has 0 fully saturated rings. The van der Waals surface area contributed by atoms with E-state index in [0.29, 0.717) is 5.69 Å². The van der Waals surface area contributed by atoms with Crippen molar-refractivity contribution in [3.05, 3.63) is 29.3 Å². The van der Waals surface area contributed by atoms with Crippen LogP contribution in [0.25, 0.3) is 0 Å². The lowest BCUT2D eigenvalue weighted by atomic mass is 10.1. The van der Waals surface area contributed by atoms with Gasteiger partial charge in [-0.25, -0.2) is 9.59 Å². The zero-order valence-electron chi connectivity index (χ0n) is 14.6. The van der Waals surface area contributed by atoms with Crippen molar-refractivity contribution in [2.24, 2.45) is 0 Å². The topological polar surface area (TPSA) is 76.7 Å². The normalized spacial score (nSPS) is 12.4. The third-order valence-electron chi connectivity index (χ3n) is 3.10. The van der Waals surface area contributed by atoms with E-state index >= 15 is 0 Å². The van der Waals surface area contributed by atoms with Gasteiger partial charge in [0, 0.05) is 5.69 Å². The summed E-state index contributed by atoms with van der Waals surface area (Å²) >= 11 is 0. The van der Waals surface area contributed by atoms with Crippen molar-refractivity contribution in [2.75, 3.05) is 19.0 Å². The highest BCUT2D eigenvalue weighted by Crippen LogP contribution is 2.16. The molecule has 0 spiro atoms. The SMILES string of the molecule is COC(=O)C(COC(C)(C)C)NC(=O)Nc1ccc(C)cc1C. The van der Waals surface area contributed by atoms with Gasteiger partial charge in [0.1, 0.15) is 0 Å². The molecule has 1 atom stereocenters. The van der Waals surface area contributed by atoms with Crippen LogP contribution in [0.2, 0.25) is 0 Å². The van der Waals surface area contributed by atoms with Gasteiger partial charge in [-0.05, 0) is 46.2 Å². The van der Waals surface area contributed by atoms with Crippen molar-refractivity contribution in [3.8, 4) is 0 Å². The summed E-state index contributed by atoms with van der Waals surface area (Å²) in [5.41, 5.74) is 2.33. The number of hydrogen-bond acceptors (Lipinski definition) is 4. The molecule has 1 unspecified atom stereocenters. The van der Waals surface area contributed by atoms with E-state index in [2.05, 4.69) is 10.6 Å². The Morgan fingerprint density at radius 2 is 1.87 bits per heavy atom. The largest absolute Gasteiger partial charge is 0.467 e. The molecule has 0 aliphatic heterocycles. The smallest absolute Gasteiger partial charge is 0.330 e. The molecule has 1 rings (SSSR count). The number of carbonyl (C=O) groups is 2. The summed E-state index contributed by atoms with van der Waals surface area (Å²) in [6, 6.07) is 4.34. The third-order valence-corrected chi connectivity index (χ3v) is 3.10. The van der Waals surface area contributed by atoms with Gasteiger partial charge in [0.15, 0.2) is 6.04 Å². The van der Waals surface area contributed by atoms with Crippen LogP contribution in [0.1, 0.15) is 31.9 Å². The van der Waals surface area contributed by atoms with E-state index in [1.54, 1.807) is 0 Å². The molecule has 0 bridgehead atoms. The van der Waals surface area contributed by atoms with Crippen LogP contribution in [-0.2, 0) is 14.3 Å². The fourth-order valence-corrected chi connectivity index (χ4v) is 1.91. The van der Waals surface area contributed by atoms with Gasteiger partial charge in [-0.1, -0.05) is 17.7 Å². The number of methoxy groups -OCH3 is 1. The molecule has 2 N–H and O–H groups in total. The molecule has 1 aromatic rings. The molecule has 128 valence electrons. The highest BCUT2D eigenvalue weighted by molar-refractivity contribution is 5.93. The number of hydrogen-bond donors (Lipinski definition) is 2. The van der Waals surface area contributed by atoms with Crippen LogP contribution in [0.3, 0.4) is 0 Å². The van der Waals surface area contributed by atoms with Crippen LogP contribution in [0.4, 0.5) is 10.5 Å². The summed E-state index contributed by atoms with van der Waals surface area (Å²) in [5.74, 6) is -0.551. The highest BCUT2D eigenvalue weighted by atomic mass is 16.5. The third kappa shape index (κ3) is 6.69. The maximum atomic E-state index is 12.1. The predicted molar refractivity (Wildman–Crippen MR) is 89.6 cm³/mol. The van der Waals surface area contributed by atoms with Crippen molar-refractivity contribution in [1.82, 2.24) is 5.32 Å². The minimum Gasteiger partial charge on any atom is -0.467 e.